The Hall–Kier alpha value is -7.54. The van der Waals surface area contributed by atoms with E-state index in [1.54, 1.807) is 6.07 Å². The fourth-order valence-electron chi connectivity index (χ4n) is 9.00. The van der Waals surface area contributed by atoms with Gasteiger partial charge in [-0.2, -0.15) is 0 Å². The molecule has 0 fully saturated rings. The zero-order chi connectivity index (χ0) is 43.4. The summed E-state index contributed by atoms with van der Waals surface area (Å²) in [5.74, 6) is 0. The highest BCUT2D eigenvalue weighted by Gasteiger charge is 2.19. The van der Waals surface area contributed by atoms with Crippen molar-refractivity contribution in [2.45, 2.75) is 0 Å². The molecule has 0 saturated heterocycles. The molecule has 0 radical (unpaired) electrons. The zero-order valence-corrected chi connectivity index (χ0v) is 31.3. The molecular formula is C58H36. The van der Waals surface area contributed by atoms with Crippen molar-refractivity contribution in [2.24, 2.45) is 0 Å². The molecule has 0 aliphatic carbocycles. The van der Waals surface area contributed by atoms with Gasteiger partial charge in [-0.15, -0.1) is 0 Å². The lowest BCUT2D eigenvalue weighted by Gasteiger charge is -2.20. The first kappa shape index (κ1) is 27.1. The van der Waals surface area contributed by atoms with E-state index in [1.807, 2.05) is 91.0 Å². The van der Waals surface area contributed by atoms with Gasteiger partial charge in [-0.1, -0.05) is 206 Å². The van der Waals surface area contributed by atoms with E-state index in [-0.39, 0.29) is 36.3 Å². The molecule has 0 spiro atoms. The quantitative estimate of drug-likeness (QED) is 0.154. The highest BCUT2D eigenvalue weighted by atomic mass is 14.2. The standard InChI is InChI=1S/C58H36/c1-2-12-45-35-46(28-19-37(45)9-1)51-31-29-44-30-32-53-55(42-24-20-40(21-25-42)49-17-7-13-38-10-3-5-15-47(38)49)36-56(54-34-33-52(51)57(44)58(53)54)43-26-22-41(23-27-43)50-18-8-14-39-11-4-6-16-48(39)50/h1-36H/i30D,31D,32D,33D,34D,36D. The lowest BCUT2D eigenvalue weighted by molar-refractivity contribution is 1.61. The SMILES string of the molecule is [2H]c1cc2c([2H])c([2H])c3c(-c4ccc(-c5cccc6ccccc56)cc4)c([2H])c(-c4ccc(-c5cccc6ccccc56)cc4)c4c([2H])c([2H])c(c1-c1ccc5ccccc5c1)c2c34. The van der Waals surface area contributed by atoms with Crippen molar-refractivity contribution in [3.63, 3.8) is 0 Å². The van der Waals surface area contributed by atoms with E-state index in [9.17, 15) is 8.22 Å². The van der Waals surface area contributed by atoms with Gasteiger partial charge in [0, 0.05) is 0 Å². The fraction of sp³-hybridized carbons (Fsp3) is 0. The van der Waals surface area contributed by atoms with Gasteiger partial charge < -0.3 is 0 Å². The third kappa shape index (κ3) is 5.16. The van der Waals surface area contributed by atoms with Crippen LogP contribution in [0.25, 0.3) is 120 Å². The van der Waals surface area contributed by atoms with Crippen molar-refractivity contribution >= 4 is 64.6 Å². The van der Waals surface area contributed by atoms with Crippen LogP contribution in [-0.4, -0.2) is 0 Å². The molecule has 12 aromatic carbocycles. The maximum absolute atomic E-state index is 10.2. The summed E-state index contributed by atoms with van der Waals surface area (Å²) in [7, 11) is 0. The summed E-state index contributed by atoms with van der Waals surface area (Å²) in [6.07, 6.45) is 0. The average molecular weight is 739 g/mol. The molecule has 0 bridgehead atoms. The van der Waals surface area contributed by atoms with E-state index in [1.165, 1.54) is 0 Å². The average Bonchev–Trinajstić information content (AvgIpc) is 3.34. The van der Waals surface area contributed by atoms with Crippen LogP contribution in [0.15, 0.2) is 218 Å². The molecule has 0 heterocycles. The first-order chi connectivity index (χ1) is 31.3. The molecular weight excluding hydrogens is 697 g/mol. The molecule has 268 valence electrons. The van der Waals surface area contributed by atoms with E-state index in [2.05, 4.69) is 84.9 Å². The van der Waals surface area contributed by atoms with Crippen molar-refractivity contribution in [3.8, 4) is 55.6 Å². The second kappa shape index (κ2) is 13.0. The van der Waals surface area contributed by atoms with E-state index >= 15 is 0 Å². The number of rotatable bonds is 5. The number of benzene rings is 12. The smallest absolute Gasteiger partial charge is 0.0616 e. The Morgan fingerprint density at radius 3 is 1.28 bits per heavy atom. The van der Waals surface area contributed by atoms with Crippen LogP contribution in [0.2, 0.25) is 0 Å². The van der Waals surface area contributed by atoms with Gasteiger partial charge in [0.25, 0.3) is 0 Å². The predicted molar refractivity (Wildman–Crippen MR) is 250 cm³/mol. The van der Waals surface area contributed by atoms with Gasteiger partial charge in [0.1, 0.15) is 0 Å². The van der Waals surface area contributed by atoms with Crippen LogP contribution in [0, 0.1) is 0 Å². The Labute approximate surface area is 345 Å². The van der Waals surface area contributed by atoms with Gasteiger partial charge in [-0.25, -0.2) is 0 Å². The summed E-state index contributed by atoms with van der Waals surface area (Å²) in [4.78, 5) is 0. The van der Waals surface area contributed by atoms with Crippen LogP contribution in [-0.2, 0) is 0 Å². The van der Waals surface area contributed by atoms with Crippen molar-refractivity contribution in [2.75, 3.05) is 0 Å². The molecule has 0 aliphatic heterocycles. The van der Waals surface area contributed by atoms with Crippen LogP contribution >= 0.6 is 0 Å². The normalized spacial score (nSPS) is 13.2. The monoisotopic (exact) mass is 738 g/mol. The molecule has 0 aromatic heterocycles. The maximum Gasteiger partial charge on any atom is 0.0636 e. The minimum Gasteiger partial charge on any atom is -0.0616 e. The molecule has 12 aromatic rings. The summed E-state index contributed by atoms with van der Waals surface area (Å²) in [6, 6.07) is 61.0. The van der Waals surface area contributed by atoms with Crippen LogP contribution in [0.3, 0.4) is 0 Å². The number of hydrogen-bond acceptors (Lipinski definition) is 0. The Morgan fingerprint density at radius 1 is 0.241 bits per heavy atom. The van der Waals surface area contributed by atoms with Crippen LogP contribution in [0.4, 0.5) is 0 Å². The van der Waals surface area contributed by atoms with Crippen molar-refractivity contribution in [3.05, 3.63) is 218 Å². The van der Waals surface area contributed by atoms with Gasteiger partial charge in [0.05, 0.1) is 8.22 Å². The molecule has 0 N–H and O–H groups in total. The fourth-order valence-corrected chi connectivity index (χ4v) is 9.00. The van der Waals surface area contributed by atoms with E-state index in [0.29, 0.717) is 60.1 Å². The molecule has 58 heavy (non-hydrogen) atoms. The Balaban J connectivity index is 1.18. The largest absolute Gasteiger partial charge is 0.0636 e. The Kier molecular flexibility index (Phi) is 6.09. The van der Waals surface area contributed by atoms with Crippen molar-refractivity contribution < 1.29 is 8.22 Å². The summed E-state index contributed by atoms with van der Waals surface area (Å²) in [5, 5.41) is 9.28. The molecule has 0 amide bonds. The lowest BCUT2D eigenvalue weighted by atomic mass is 9.83. The third-order valence-electron chi connectivity index (χ3n) is 11.9. The highest BCUT2D eigenvalue weighted by Crippen LogP contribution is 2.47. The molecule has 0 aliphatic rings. The Morgan fingerprint density at radius 2 is 0.690 bits per heavy atom. The van der Waals surface area contributed by atoms with E-state index in [0.717, 1.165) is 60.1 Å². The van der Waals surface area contributed by atoms with Gasteiger partial charge in [0.2, 0.25) is 0 Å². The van der Waals surface area contributed by atoms with Gasteiger partial charge >= 0.3 is 0 Å². The van der Waals surface area contributed by atoms with Crippen LogP contribution in [0.1, 0.15) is 8.22 Å². The molecule has 0 atom stereocenters. The van der Waals surface area contributed by atoms with Crippen molar-refractivity contribution in [1.82, 2.24) is 0 Å². The first-order valence-electron chi connectivity index (χ1n) is 22.7. The number of fused-ring (bicyclic) bond motifs is 3. The van der Waals surface area contributed by atoms with Gasteiger partial charge in [-0.05, 0) is 132 Å². The number of hydrogen-bond donors (Lipinski definition) is 0. The van der Waals surface area contributed by atoms with E-state index < -0.39 is 0 Å². The molecule has 0 saturated carbocycles. The third-order valence-corrected chi connectivity index (χ3v) is 11.9. The molecule has 12 rings (SSSR count). The van der Waals surface area contributed by atoms with Crippen LogP contribution in [0.5, 0.6) is 0 Å². The molecule has 0 unspecified atom stereocenters. The molecule has 0 heteroatoms. The summed E-state index contributed by atoms with van der Waals surface area (Å²) >= 11 is 0. The first-order valence-corrected chi connectivity index (χ1v) is 19.7. The Bertz CT molecular complexity index is 3730. The highest BCUT2D eigenvalue weighted by molar-refractivity contribution is 6.30. The minimum atomic E-state index is -0.0805. The summed E-state index contributed by atoms with van der Waals surface area (Å²) in [5.41, 5.74) is 7.84. The minimum absolute atomic E-state index is 0.0743. The van der Waals surface area contributed by atoms with Crippen molar-refractivity contribution in [1.29, 1.82) is 0 Å². The van der Waals surface area contributed by atoms with Crippen LogP contribution < -0.4 is 0 Å². The topological polar surface area (TPSA) is 0 Å². The molecule has 0 nitrogen and oxygen atoms in total. The maximum atomic E-state index is 10.2. The van der Waals surface area contributed by atoms with Gasteiger partial charge in [-0.3, -0.25) is 0 Å². The predicted octanol–water partition coefficient (Wildman–Crippen LogP) is 16.4. The zero-order valence-electron chi connectivity index (χ0n) is 37.3. The second-order valence-corrected chi connectivity index (χ2v) is 15.1. The summed E-state index contributed by atoms with van der Waals surface area (Å²) in [6.45, 7) is 0. The lowest BCUT2D eigenvalue weighted by Crippen LogP contribution is -1.93. The van der Waals surface area contributed by atoms with Gasteiger partial charge in [0.15, 0.2) is 0 Å². The van der Waals surface area contributed by atoms with E-state index in [4.69, 9.17) is 0 Å². The summed E-state index contributed by atoms with van der Waals surface area (Å²) < 4.78 is 58.6. The second-order valence-electron chi connectivity index (χ2n) is 15.1.